The smallest absolute Gasteiger partial charge is 0.229 e. The first-order valence-corrected chi connectivity index (χ1v) is 13.0. The van der Waals surface area contributed by atoms with Crippen molar-refractivity contribution in [1.82, 2.24) is 29.4 Å². The minimum atomic E-state index is -0.615. The van der Waals surface area contributed by atoms with E-state index in [2.05, 4.69) is 49.6 Å². The van der Waals surface area contributed by atoms with Crippen LogP contribution in [0.15, 0.2) is 30.5 Å². The van der Waals surface area contributed by atoms with E-state index in [1.807, 2.05) is 13.0 Å². The Bertz CT molecular complexity index is 1490. The minimum Gasteiger partial charge on any atom is -0.322 e. The average Bonchev–Trinajstić information content (AvgIpc) is 3.52. The predicted molar refractivity (Wildman–Crippen MR) is 140 cm³/mol. The summed E-state index contributed by atoms with van der Waals surface area (Å²) in [5.74, 6) is 0.466. The summed E-state index contributed by atoms with van der Waals surface area (Å²) in [4.78, 5) is 20.2. The lowest BCUT2D eigenvalue weighted by molar-refractivity contribution is 0.248. The Morgan fingerprint density at radius 1 is 1.08 bits per heavy atom. The van der Waals surface area contributed by atoms with Crippen LogP contribution in [0.5, 0.6) is 0 Å². The molecule has 0 bridgehead atoms. The second-order valence-electron chi connectivity index (χ2n) is 10.5. The molecule has 1 N–H and O–H groups in total. The van der Waals surface area contributed by atoms with Crippen molar-refractivity contribution in [3.05, 3.63) is 59.2 Å². The third-order valence-electron chi connectivity index (χ3n) is 7.61. The van der Waals surface area contributed by atoms with Crippen LogP contribution in [0.3, 0.4) is 0 Å². The number of fused-ring (bicyclic) bond motifs is 2. The highest BCUT2D eigenvalue weighted by Gasteiger charge is 2.41. The Labute approximate surface area is 215 Å². The van der Waals surface area contributed by atoms with Crippen LogP contribution in [0.4, 0.5) is 20.5 Å². The van der Waals surface area contributed by atoms with E-state index in [0.29, 0.717) is 22.4 Å². The predicted octanol–water partition coefficient (Wildman–Crippen LogP) is 5.89. The molecule has 2 aliphatic rings. The number of halogens is 2. The normalized spacial score (nSPS) is 16.7. The SMILES string of the molecule is CCCCN1CCc2nc(Nc3ncc(F)c(-c4cc(F)c5nc(C)n(C6(C)CC6)c5c4)n3)ccc2C1. The number of nitrogens with zero attached hydrogens (tertiary/aromatic N) is 6. The molecule has 7 nitrogen and oxygen atoms in total. The second-order valence-corrected chi connectivity index (χ2v) is 10.5. The zero-order chi connectivity index (χ0) is 25.7. The van der Waals surface area contributed by atoms with E-state index >= 15 is 4.39 Å². The fraction of sp³-hybridized carbons (Fsp3) is 0.429. The first kappa shape index (κ1) is 23.9. The van der Waals surface area contributed by atoms with Gasteiger partial charge in [-0.3, -0.25) is 4.90 Å². The molecule has 0 atom stereocenters. The van der Waals surface area contributed by atoms with Crippen molar-refractivity contribution in [1.29, 1.82) is 0 Å². The molecule has 1 aromatic carbocycles. The van der Waals surface area contributed by atoms with Crippen molar-refractivity contribution in [2.75, 3.05) is 18.4 Å². The quantitative estimate of drug-likeness (QED) is 0.339. The van der Waals surface area contributed by atoms with Gasteiger partial charge < -0.3 is 9.88 Å². The van der Waals surface area contributed by atoms with Crippen LogP contribution >= 0.6 is 0 Å². The summed E-state index contributed by atoms with van der Waals surface area (Å²) in [6.07, 6.45) is 6.40. The van der Waals surface area contributed by atoms with Crippen LogP contribution in [0.1, 0.15) is 56.6 Å². The van der Waals surface area contributed by atoms with E-state index in [0.717, 1.165) is 56.6 Å². The van der Waals surface area contributed by atoms with Crippen LogP contribution in [0.2, 0.25) is 0 Å². The van der Waals surface area contributed by atoms with E-state index < -0.39 is 11.6 Å². The number of rotatable bonds is 7. The lowest BCUT2D eigenvalue weighted by Gasteiger charge is -2.28. The van der Waals surface area contributed by atoms with Crippen molar-refractivity contribution in [2.45, 2.75) is 65.0 Å². The molecule has 0 saturated heterocycles. The summed E-state index contributed by atoms with van der Waals surface area (Å²) in [5, 5.41) is 3.11. The topological polar surface area (TPSA) is 71.8 Å². The number of nitrogens with one attached hydrogen (secondary N) is 1. The third kappa shape index (κ3) is 4.45. The van der Waals surface area contributed by atoms with Gasteiger partial charge in [-0.1, -0.05) is 19.4 Å². The molecule has 3 aromatic heterocycles. The molecule has 192 valence electrons. The molecule has 1 saturated carbocycles. The highest BCUT2D eigenvalue weighted by molar-refractivity contribution is 5.83. The number of aryl methyl sites for hydroxylation is 1. The summed E-state index contributed by atoms with van der Waals surface area (Å²) < 4.78 is 32.1. The van der Waals surface area contributed by atoms with Crippen molar-refractivity contribution in [3.63, 3.8) is 0 Å². The van der Waals surface area contributed by atoms with E-state index in [4.69, 9.17) is 4.98 Å². The Kier molecular flexibility index (Phi) is 5.90. The molecule has 1 fully saturated rings. The van der Waals surface area contributed by atoms with Crippen LogP contribution in [0, 0.1) is 18.6 Å². The van der Waals surface area contributed by atoms with Gasteiger partial charge in [0, 0.05) is 36.3 Å². The molecular formula is C28H31F2N7. The maximum atomic E-state index is 15.1. The number of pyridine rings is 1. The monoisotopic (exact) mass is 503 g/mol. The number of hydrogen-bond acceptors (Lipinski definition) is 6. The molecule has 6 rings (SSSR count). The van der Waals surface area contributed by atoms with Crippen molar-refractivity contribution in [2.24, 2.45) is 0 Å². The minimum absolute atomic E-state index is 0.0363. The van der Waals surface area contributed by atoms with Crippen LogP contribution in [0.25, 0.3) is 22.3 Å². The molecule has 37 heavy (non-hydrogen) atoms. The van der Waals surface area contributed by atoms with Crippen molar-refractivity contribution < 1.29 is 8.78 Å². The average molecular weight is 504 g/mol. The van der Waals surface area contributed by atoms with Crippen LogP contribution < -0.4 is 5.32 Å². The van der Waals surface area contributed by atoms with Gasteiger partial charge in [-0.25, -0.2) is 28.7 Å². The van der Waals surface area contributed by atoms with Gasteiger partial charge in [0.15, 0.2) is 11.6 Å². The Morgan fingerprint density at radius 2 is 1.92 bits per heavy atom. The van der Waals surface area contributed by atoms with Crippen LogP contribution in [-0.4, -0.2) is 42.5 Å². The van der Waals surface area contributed by atoms with Gasteiger partial charge in [0.1, 0.15) is 22.9 Å². The summed E-state index contributed by atoms with van der Waals surface area (Å²) >= 11 is 0. The lowest BCUT2D eigenvalue weighted by Crippen LogP contribution is -2.31. The Morgan fingerprint density at radius 3 is 2.70 bits per heavy atom. The first-order valence-electron chi connectivity index (χ1n) is 13.0. The number of aromatic nitrogens is 5. The van der Waals surface area contributed by atoms with Gasteiger partial charge in [-0.2, -0.15) is 0 Å². The maximum absolute atomic E-state index is 15.1. The second kappa shape index (κ2) is 9.13. The van der Waals surface area contributed by atoms with E-state index in [9.17, 15) is 4.39 Å². The molecule has 4 heterocycles. The zero-order valence-electron chi connectivity index (χ0n) is 21.5. The molecule has 1 aliphatic carbocycles. The third-order valence-corrected chi connectivity index (χ3v) is 7.61. The highest BCUT2D eigenvalue weighted by Crippen LogP contribution is 2.46. The summed E-state index contributed by atoms with van der Waals surface area (Å²) in [6.45, 7) is 9.22. The number of hydrogen-bond donors (Lipinski definition) is 1. The molecule has 0 radical (unpaired) electrons. The molecule has 1 aliphatic heterocycles. The number of anilines is 2. The van der Waals surface area contributed by atoms with Crippen LogP contribution in [-0.2, 0) is 18.5 Å². The number of imidazole rings is 1. The number of benzene rings is 1. The molecule has 4 aromatic rings. The Balaban J connectivity index is 1.29. The van der Waals surface area contributed by atoms with E-state index in [-0.39, 0.29) is 17.2 Å². The molecular weight excluding hydrogens is 472 g/mol. The largest absolute Gasteiger partial charge is 0.322 e. The lowest BCUT2D eigenvalue weighted by atomic mass is 10.1. The fourth-order valence-corrected chi connectivity index (χ4v) is 5.34. The molecule has 0 unspecified atom stereocenters. The highest BCUT2D eigenvalue weighted by atomic mass is 19.1. The van der Waals surface area contributed by atoms with E-state index in [1.54, 1.807) is 6.07 Å². The van der Waals surface area contributed by atoms with Crippen molar-refractivity contribution in [3.8, 4) is 11.3 Å². The van der Waals surface area contributed by atoms with Gasteiger partial charge in [0.25, 0.3) is 0 Å². The standard InChI is InChI=1S/C28H31F2N7/c1-4-5-11-36-12-8-22-18(16-36)6-7-24(33-22)34-27-31-15-21(30)25(35-27)19-13-20(29)26-23(14-19)37(17(2)32-26)28(3)9-10-28/h6-7,13-15H,4-5,8-12,16H2,1-3H3,(H,31,33,34,35). The maximum Gasteiger partial charge on any atom is 0.229 e. The fourth-order valence-electron chi connectivity index (χ4n) is 5.34. The summed E-state index contributed by atoms with van der Waals surface area (Å²) in [7, 11) is 0. The number of unbranched alkanes of at least 4 members (excludes halogenated alkanes) is 1. The van der Waals surface area contributed by atoms with Gasteiger partial charge in [0.2, 0.25) is 5.95 Å². The van der Waals surface area contributed by atoms with Gasteiger partial charge in [-0.05, 0) is 63.4 Å². The molecule has 0 amide bonds. The molecule has 0 spiro atoms. The van der Waals surface area contributed by atoms with Gasteiger partial charge in [-0.15, -0.1) is 0 Å². The Hall–Kier alpha value is -3.46. The molecule has 9 heteroatoms. The van der Waals surface area contributed by atoms with Crippen molar-refractivity contribution >= 4 is 22.8 Å². The van der Waals surface area contributed by atoms with Gasteiger partial charge >= 0.3 is 0 Å². The first-order chi connectivity index (χ1) is 17.8. The van der Waals surface area contributed by atoms with Gasteiger partial charge in [0.05, 0.1) is 11.7 Å². The van der Waals surface area contributed by atoms with E-state index in [1.165, 1.54) is 24.5 Å². The summed E-state index contributed by atoms with van der Waals surface area (Å²) in [6, 6.07) is 7.06. The zero-order valence-corrected chi connectivity index (χ0v) is 21.5. The summed E-state index contributed by atoms with van der Waals surface area (Å²) in [5.41, 5.74) is 3.56.